The first kappa shape index (κ1) is 11.6. The molecule has 0 aliphatic heterocycles. The fourth-order valence-electron chi connectivity index (χ4n) is 2.11. The minimum atomic E-state index is 0.923. The molecule has 92 valence electrons. The van der Waals surface area contributed by atoms with E-state index in [0.29, 0.717) is 0 Å². The van der Waals surface area contributed by atoms with E-state index in [1.165, 1.54) is 11.1 Å². The van der Waals surface area contributed by atoms with E-state index in [1.54, 1.807) is 6.20 Å². The zero-order valence-corrected chi connectivity index (χ0v) is 10.7. The van der Waals surface area contributed by atoms with Gasteiger partial charge in [-0.2, -0.15) is 5.10 Å². The van der Waals surface area contributed by atoms with E-state index in [0.717, 1.165) is 16.8 Å². The third-order valence-corrected chi connectivity index (χ3v) is 3.13. The maximum Gasteiger partial charge on any atom is 0.101 e. The van der Waals surface area contributed by atoms with E-state index in [2.05, 4.69) is 53.5 Å². The van der Waals surface area contributed by atoms with Crippen LogP contribution in [0.3, 0.4) is 0 Å². The highest BCUT2D eigenvalue weighted by molar-refractivity contribution is 5.80. The second-order valence-corrected chi connectivity index (χ2v) is 4.53. The van der Waals surface area contributed by atoms with Crippen molar-refractivity contribution in [3.05, 3.63) is 72.4 Å². The van der Waals surface area contributed by atoms with Crippen LogP contribution in [-0.2, 0) is 0 Å². The predicted molar refractivity (Wildman–Crippen MR) is 77.6 cm³/mol. The van der Waals surface area contributed by atoms with Crippen LogP contribution in [0, 0.1) is 6.92 Å². The molecule has 1 heterocycles. The lowest BCUT2D eigenvalue weighted by molar-refractivity contribution is 1.04. The number of hydrogen-bond donors (Lipinski definition) is 0. The van der Waals surface area contributed by atoms with Gasteiger partial charge in [-0.05, 0) is 18.6 Å². The molecular formula is C17H14N2. The second kappa shape index (κ2) is 5.02. The average molecular weight is 246 g/mol. The molecule has 0 radical (unpaired) electrons. The fourth-order valence-corrected chi connectivity index (χ4v) is 2.11. The highest BCUT2D eigenvalue weighted by atomic mass is 15.1. The number of nitrogens with zero attached hydrogens (tertiary/aromatic N) is 2. The van der Waals surface area contributed by atoms with Crippen molar-refractivity contribution >= 4 is 0 Å². The highest BCUT2D eigenvalue weighted by Gasteiger charge is 2.08. The van der Waals surface area contributed by atoms with Gasteiger partial charge >= 0.3 is 0 Å². The Labute approximate surface area is 112 Å². The third kappa shape index (κ3) is 2.38. The van der Waals surface area contributed by atoms with Crippen molar-refractivity contribution < 1.29 is 0 Å². The Balaban J connectivity index is 2.15. The molecule has 2 aromatic carbocycles. The number of hydrogen-bond acceptors (Lipinski definition) is 2. The quantitative estimate of drug-likeness (QED) is 0.679. The Morgan fingerprint density at radius 1 is 0.737 bits per heavy atom. The summed E-state index contributed by atoms with van der Waals surface area (Å²) in [5.41, 5.74) is 5.55. The van der Waals surface area contributed by atoms with Crippen LogP contribution in [0.25, 0.3) is 22.4 Å². The molecule has 0 spiro atoms. The molecule has 0 fully saturated rings. The molecule has 1 aromatic heterocycles. The van der Waals surface area contributed by atoms with Crippen molar-refractivity contribution in [3.63, 3.8) is 0 Å². The summed E-state index contributed by atoms with van der Waals surface area (Å²) >= 11 is 0. The summed E-state index contributed by atoms with van der Waals surface area (Å²) < 4.78 is 0. The average Bonchev–Trinajstić information content (AvgIpc) is 2.49. The minimum Gasteiger partial charge on any atom is -0.158 e. The molecule has 0 unspecified atom stereocenters. The Hall–Kier alpha value is -2.48. The van der Waals surface area contributed by atoms with Crippen molar-refractivity contribution in [3.8, 4) is 22.4 Å². The highest BCUT2D eigenvalue weighted by Crippen LogP contribution is 2.29. The van der Waals surface area contributed by atoms with Crippen LogP contribution < -0.4 is 0 Å². The van der Waals surface area contributed by atoms with Crippen molar-refractivity contribution in [2.24, 2.45) is 0 Å². The molecule has 2 nitrogen and oxygen atoms in total. The maximum absolute atomic E-state index is 4.30. The Morgan fingerprint density at radius 2 is 1.47 bits per heavy atom. The van der Waals surface area contributed by atoms with Gasteiger partial charge in [0.25, 0.3) is 0 Å². The third-order valence-electron chi connectivity index (χ3n) is 3.13. The fraction of sp³-hybridized carbons (Fsp3) is 0.0588. The van der Waals surface area contributed by atoms with Gasteiger partial charge in [-0.1, -0.05) is 60.2 Å². The zero-order valence-electron chi connectivity index (χ0n) is 10.7. The molecule has 19 heavy (non-hydrogen) atoms. The first-order chi connectivity index (χ1) is 9.34. The van der Waals surface area contributed by atoms with Gasteiger partial charge in [0, 0.05) is 11.1 Å². The van der Waals surface area contributed by atoms with Gasteiger partial charge in [-0.15, -0.1) is 5.10 Å². The topological polar surface area (TPSA) is 25.8 Å². The summed E-state index contributed by atoms with van der Waals surface area (Å²) in [7, 11) is 0. The summed E-state index contributed by atoms with van der Waals surface area (Å²) in [4.78, 5) is 0. The molecular weight excluding hydrogens is 232 g/mol. The first-order valence-electron chi connectivity index (χ1n) is 6.29. The molecule has 0 N–H and O–H groups in total. The lowest BCUT2D eigenvalue weighted by Gasteiger charge is -2.08. The summed E-state index contributed by atoms with van der Waals surface area (Å²) in [5, 5.41) is 8.31. The van der Waals surface area contributed by atoms with E-state index in [-0.39, 0.29) is 0 Å². The van der Waals surface area contributed by atoms with Crippen LogP contribution in [0.2, 0.25) is 0 Å². The molecule has 3 aromatic rings. The molecule has 0 aliphatic rings. The Morgan fingerprint density at radius 3 is 2.21 bits per heavy atom. The summed E-state index contributed by atoms with van der Waals surface area (Å²) in [6.45, 7) is 2.09. The molecule has 0 saturated heterocycles. The van der Waals surface area contributed by atoms with Gasteiger partial charge in [0.1, 0.15) is 5.69 Å². The molecule has 2 heteroatoms. The second-order valence-electron chi connectivity index (χ2n) is 4.53. The maximum atomic E-state index is 4.30. The molecule has 0 aliphatic carbocycles. The van der Waals surface area contributed by atoms with E-state index in [4.69, 9.17) is 0 Å². The van der Waals surface area contributed by atoms with Crippen molar-refractivity contribution in [2.45, 2.75) is 6.92 Å². The van der Waals surface area contributed by atoms with Gasteiger partial charge < -0.3 is 0 Å². The molecule has 0 bridgehead atoms. The summed E-state index contributed by atoms with van der Waals surface area (Å²) in [6.07, 6.45) is 1.74. The van der Waals surface area contributed by atoms with E-state index in [1.807, 2.05) is 24.3 Å². The standard InChI is InChI=1S/C17H14N2/c1-13-7-9-14(10-8-13)16-11-12-18-19-17(16)15-5-3-2-4-6-15/h2-12H,1H3. The lowest BCUT2D eigenvalue weighted by atomic mass is 9.99. The molecule has 0 amide bonds. The smallest absolute Gasteiger partial charge is 0.101 e. The van der Waals surface area contributed by atoms with Gasteiger partial charge in [0.05, 0.1) is 6.20 Å². The van der Waals surface area contributed by atoms with E-state index in [9.17, 15) is 0 Å². The SMILES string of the molecule is Cc1ccc(-c2ccnnc2-c2ccccc2)cc1. The monoisotopic (exact) mass is 246 g/mol. The predicted octanol–water partition coefficient (Wildman–Crippen LogP) is 4.12. The number of aryl methyl sites for hydroxylation is 1. The van der Waals surface area contributed by atoms with Crippen molar-refractivity contribution in [1.82, 2.24) is 10.2 Å². The van der Waals surface area contributed by atoms with Gasteiger partial charge in [-0.25, -0.2) is 0 Å². The van der Waals surface area contributed by atoms with Crippen molar-refractivity contribution in [1.29, 1.82) is 0 Å². The minimum absolute atomic E-state index is 0.923. The Kier molecular flexibility index (Phi) is 3.07. The van der Waals surface area contributed by atoms with Crippen LogP contribution in [0.15, 0.2) is 66.9 Å². The van der Waals surface area contributed by atoms with Crippen LogP contribution in [0.4, 0.5) is 0 Å². The molecule has 3 rings (SSSR count). The van der Waals surface area contributed by atoms with Gasteiger partial charge in [0.15, 0.2) is 0 Å². The van der Waals surface area contributed by atoms with Gasteiger partial charge in [-0.3, -0.25) is 0 Å². The van der Waals surface area contributed by atoms with Crippen molar-refractivity contribution in [2.75, 3.05) is 0 Å². The van der Waals surface area contributed by atoms with Crippen LogP contribution in [-0.4, -0.2) is 10.2 Å². The summed E-state index contributed by atoms with van der Waals surface area (Å²) in [6, 6.07) is 20.6. The number of benzene rings is 2. The summed E-state index contributed by atoms with van der Waals surface area (Å²) in [5.74, 6) is 0. The van der Waals surface area contributed by atoms with Gasteiger partial charge in [0.2, 0.25) is 0 Å². The molecule has 0 atom stereocenters. The van der Waals surface area contributed by atoms with Crippen LogP contribution in [0.1, 0.15) is 5.56 Å². The number of aromatic nitrogens is 2. The van der Waals surface area contributed by atoms with Crippen LogP contribution in [0.5, 0.6) is 0 Å². The first-order valence-corrected chi connectivity index (χ1v) is 6.29. The zero-order chi connectivity index (χ0) is 13.1. The van der Waals surface area contributed by atoms with E-state index >= 15 is 0 Å². The largest absolute Gasteiger partial charge is 0.158 e. The number of rotatable bonds is 2. The normalized spacial score (nSPS) is 10.4. The lowest BCUT2D eigenvalue weighted by Crippen LogP contribution is -1.91. The Bertz CT molecular complexity index is 673. The molecule has 0 saturated carbocycles. The van der Waals surface area contributed by atoms with Crippen LogP contribution >= 0.6 is 0 Å². The van der Waals surface area contributed by atoms with E-state index < -0.39 is 0 Å².